The summed E-state index contributed by atoms with van der Waals surface area (Å²) in [5.74, 6) is 0.524. The summed E-state index contributed by atoms with van der Waals surface area (Å²) in [6, 6.07) is 10.9. The van der Waals surface area contributed by atoms with Crippen LogP contribution in [0.25, 0.3) is 0 Å². The maximum Gasteiger partial charge on any atom is 0.0674 e. The van der Waals surface area contributed by atoms with Crippen molar-refractivity contribution in [3.8, 4) is 0 Å². The van der Waals surface area contributed by atoms with Gasteiger partial charge in [0.1, 0.15) is 0 Å². The first kappa shape index (κ1) is 15.5. The van der Waals surface area contributed by atoms with Crippen molar-refractivity contribution in [3.05, 3.63) is 35.9 Å². The largest absolute Gasteiger partial charge is 0.377 e. The van der Waals surface area contributed by atoms with Crippen LogP contribution in [0.15, 0.2) is 30.3 Å². The lowest BCUT2D eigenvalue weighted by molar-refractivity contribution is 0.0508. The minimum Gasteiger partial charge on any atom is -0.377 e. The monoisotopic (exact) mass is 276 g/mol. The van der Waals surface area contributed by atoms with Crippen LogP contribution >= 0.6 is 0 Å². The third kappa shape index (κ3) is 3.81. The van der Waals surface area contributed by atoms with E-state index in [0.29, 0.717) is 18.1 Å². The van der Waals surface area contributed by atoms with E-state index in [4.69, 9.17) is 10.5 Å². The average molecular weight is 276 g/mol. The molecule has 20 heavy (non-hydrogen) atoms. The zero-order valence-corrected chi connectivity index (χ0v) is 13.0. The number of rotatable bonds is 4. The van der Waals surface area contributed by atoms with Crippen LogP contribution in [0.5, 0.6) is 0 Å². The third-order valence-corrected chi connectivity index (χ3v) is 4.14. The van der Waals surface area contributed by atoms with Gasteiger partial charge in [0.05, 0.1) is 6.10 Å². The Kier molecular flexibility index (Phi) is 5.58. The summed E-state index contributed by atoms with van der Waals surface area (Å²) in [7, 11) is 0. The van der Waals surface area contributed by atoms with E-state index in [1.54, 1.807) is 0 Å². The Morgan fingerprint density at radius 2 is 1.95 bits per heavy atom. The van der Waals surface area contributed by atoms with E-state index < -0.39 is 0 Å². The maximum atomic E-state index is 6.59. The van der Waals surface area contributed by atoms with Gasteiger partial charge in [0.25, 0.3) is 0 Å². The van der Waals surface area contributed by atoms with Crippen LogP contribution in [-0.2, 0) is 4.74 Å². The van der Waals surface area contributed by atoms with Crippen molar-refractivity contribution < 1.29 is 4.74 Å². The standard InChI is InChI=1S/C17H28N2O/c1-13(2)17(16(18)15-8-5-4-6-9-15)19-10-7-11-20-14(3)12-19/h4-6,8-9,13-14,16-17H,7,10-12,18H2,1-3H3. The van der Waals surface area contributed by atoms with Gasteiger partial charge in [-0.25, -0.2) is 0 Å². The Morgan fingerprint density at radius 1 is 1.25 bits per heavy atom. The number of hydrogen-bond acceptors (Lipinski definition) is 3. The third-order valence-electron chi connectivity index (χ3n) is 4.14. The molecule has 3 unspecified atom stereocenters. The van der Waals surface area contributed by atoms with Crippen molar-refractivity contribution >= 4 is 0 Å². The van der Waals surface area contributed by atoms with Crippen LogP contribution in [0.2, 0.25) is 0 Å². The fourth-order valence-electron chi connectivity index (χ4n) is 3.23. The summed E-state index contributed by atoms with van der Waals surface area (Å²) >= 11 is 0. The highest BCUT2D eigenvalue weighted by Gasteiger charge is 2.30. The van der Waals surface area contributed by atoms with Crippen molar-refractivity contribution in [2.75, 3.05) is 19.7 Å². The van der Waals surface area contributed by atoms with Gasteiger partial charge in [-0.15, -0.1) is 0 Å². The predicted molar refractivity (Wildman–Crippen MR) is 83.6 cm³/mol. The van der Waals surface area contributed by atoms with Gasteiger partial charge in [-0.1, -0.05) is 44.2 Å². The molecule has 1 saturated heterocycles. The lowest BCUT2D eigenvalue weighted by atomic mass is 9.90. The van der Waals surface area contributed by atoms with Crippen LogP contribution in [-0.4, -0.2) is 36.7 Å². The molecular formula is C17H28N2O. The Hall–Kier alpha value is -0.900. The van der Waals surface area contributed by atoms with Gasteiger partial charge < -0.3 is 10.5 Å². The van der Waals surface area contributed by atoms with Gasteiger partial charge >= 0.3 is 0 Å². The molecule has 3 heteroatoms. The van der Waals surface area contributed by atoms with Gasteiger partial charge in [-0.2, -0.15) is 0 Å². The molecule has 112 valence electrons. The SMILES string of the molecule is CC1CN(C(C(C)C)C(N)c2ccccc2)CCCO1. The fourth-order valence-corrected chi connectivity index (χ4v) is 3.23. The van der Waals surface area contributed by atoms with Gasteiger partial charge in [0, 0.05) is 31.8 Å². The van der Waals surface area contributed by atoms with E-state index in [1.165, 1.54) is 5.56 Å². The normalized spacial score (nSPS) is 24.4. The topological polar surface area (TPSA) is 38.5 Å². The summed E-state index contributed by atoms with van der Waals surface area (Å²) < 4.78 is 5.77. The van der Waals surface area contributed by atoms with Crippen LogP contribution in [0, 0.1) is 5.92 Å². The van der Waals surface area contributed by atoms with Crippen molar-refractivity contribution in [2.24, 2.45) is 11.7 Å². The number of benzene rings is 1. The molecule has 0 radical (unpaired) electrons. The van der Waals surface area contributed by atoms with Gasteiger partial charge in [-0.05, 0) is 24.8 Å². The summed E-state index contributed by atoms with van der Waals surface area (Å²) in [4.78, 5) is 2.53. The minimum atomic E-state index is 0.0569. The van der Waals surface area contributed by atoms with E-state index >= 15 is 0 Å². The number of nitrogens with zero attached hydrogens (tertiary/aromatic N) is 1. The lowest BCUT2D eigenvalue weighted by Gasteiger charge is -2.38. The summed E-state index contributed by atoms with van der Waals surface area (Å²) in [5, 5.41) is 0. The molecule has 0 saturated carbocycles. The van der Waals surface area contributed by atoms with Crippen molar-refractivity contribution in [1.29, 1.82) is 0 Å². The molecule has 0 amide bonds. The second-order valence-corrected chi connectivity index (χ2v) is 6.20. The summed E-state index contributed by atoms with van der Waals surface area (Å²) in [6.45, 7) is 9.61. The van der Waals surface area contributed by atoms with Crippen LogP contribution in [0.3, 0.4) is 0 Å². The van der Waals surface area contributed by atoms with Gasteiger partial charge in [0.15, 0.2) is 0 Å². The van der Waals surface area contributed by atoms with Gasteiger partial charge in [0.2, 0.25) is 0 Å². The van der Waals surface area contributed by atoms with Crippen LogP contribution in [0.1, 0.15) is 38.8 Å². The molecule has 0 spiro atoms. The Labute approximate surface area is 123 Å². The van der Waals surface area contributed by atoms with E-state index in [0.717, 1.165) is 26.1 Å². The highest BCUT2D eigenvalue weighted by atomic mass is 16.5. The van der Waals surface area contributed by atoms with Crippen molar-refractivity contribution in [3.63, 3.8) is 0 Å². The fraction of sp³-hybridized carbons (Fsp3) is 0.647. The molecule has 2 rings (SSSR count). The zero-order chi connectivity index (χ0) is 14.5. The first-order chi connectivity index (χ1) is 9.59. The molecule has 1 aromatic carbocycles. The first-order valence-electron chi connectivity index (χ1n) is 7.75. The maximum absolute atomic E-state index is 6.59. The molecule has 0 bridgehead atoms. The molecule has 3 nitrogen and oxygen atoms in total. The summed E-state index contributed by atoms with van der Waals surface area (Å²) in [5.41, 5.74) is 7.81. The van der Waals surface area contributed by atoms with E-state index in [1.807, 2.05) is 6.07 Å². The highest BCUT2D eigenvalue weighted by molar-refractivity contribution is 5.20. The van der Waals surface area contributed by atoms with Crippen molar-refractivity contribution in [1.82, 2.24) is 4.90 Å². The minimum absolute atomic E-state index is 0.0569. The number of nitrogens with two attached hydrogens (primary N) is 1. The molecule has 0 aliphatic carbocycles. The lowest BCUT2D eigenvalue weighted by Crippen LogP contribution is -2.48. The first-order valence-corrected chi connectivity index (χ1v) is 7.75. The van der Waals surface area contributed by atoms with E-state index in [-0.39, 0.29) is 6.04 Å². The summed E-state index contributed by atoms with van der Waals surface area (Å²) in [6.07, 6.45) is 1.39. The zero-order valence-electron chi connectivity index (χ0n) is 13.0. The average Bonchev–Trinajstić information content (AvgIpc) is 2.64. The molecule has 3 atom stereocenters. The smallest absolute Gasteiger partial charge is 0.0674 e. The van der Waals surface area contributed by atoms with E-state index in [9.17, 15) is 0 Å². The van der Waals surface area contributed by atoms with Crippen LogP contribution < -0.4 is 5.73 Å². The number of ether oxygens (including phenoxy) is 1. The van der Waals surface area contributed by atoms with Crippen LogP contribution in [0.4, 0.5) is 0 Å². The number of hydrogen-bond donors (Lipinski definition) is 1. The molecule has 2 N–H and O–H groups in total. The molecule has 1 heterocycles. The molecule has 1 aliphatic rings. The predicted octanol–water partition coefficient (Wildman–Crippen LogP) is 2.82. The van der Waals surface area contributed by atoms with Crippen molar-refractivity contribution in [2.45, 2.75) is 45.4 Å². The second-order valence-electron chi connectivity index (χ2n) is 6.20. The molecule has 0 aromatic heterocycles. The second kappa shape index (κ2) is 7.21. The quantitative estimate of drug-likeness (QED) is 0.919. The molecule has 1 aliphatic heterocycles. The Bertz CT molecular complexity index is 393. The molecule has 1 fully saturated rings. The molecular weight excluding hydrogens is 248 g/mol. The van der Waals surface area contributed by atoms with E-state index in [2.05, 4.69) is 49.9 Å². The molecule has 1 aromatic rings. The van der Waals surface area contributed by atoms with Gasteiger partial charge in [-0.3, -0.25) is 4.90 Å². The Morgan fingerprint density at radius 3 is 2.60 bits per heavy atom. The Balaban J connectivity index is 2.17. The highest BCUT2D eigenvalue weighted by Crippen LogP contribution is 2.26.